The summed E-state index contributed by atoms with van der Waals surface area (Å²) >= 11 is 0. The Morgan fingerprint density at radius 2 is 1.57 bits per heavy atom. The molecule has 3 fully saturated rings. The first-order chi connectivity index (χ1) is 11.3. The Hall–Kier alpha value is -0.200. The third-order valence-electron chi connectivity index (χ3n) is 5.54. The highest BCUT2D eigenvalue weighted by Crippen LogP contribution is 2.42. The van der Waals surface area contributed by atoms with Crippen LogP contribution >= 0.6 is 0 Å². The van der Waals surface area contributed by atoms with Crippen molar-refractivity contribution in [1.82, 2.24) is 0 Å². The summed E-state index contributed by atoms with van der Waals surface area (Å²) in [6.07, 6.45) is 4.79. The molecular formula is C18H32O5. The van der Waals surface area contributed by atoms with E-state index in [1.165, 1.54) is 0 Å². The normalized spacial score (nSPS) is 41.0. The van der Waals surface area contributed by atoms with Crippen molar-refractivity contribution in [2.75, 3.05) is 39.6 Å². The van der Waals surface area contributed by atoms with Crippen molar-refractivity contribution in [3.8, 4) is 0 Å². The number of ether oxygens (including phenoxy) is 5. The molecule has 5 heteroatoms. The molecule has 0 saturated carbocycles. The van der Waals surface area contributed by atoms with Gasteiger partial charge in [-0.1, -0.05) is 0 Å². The van der Waals surface area contributed by atoms with Crippen molar-refractivity contribution in [3.05, 3.63) is 0 Å². The van der Waals surface area contributed by atoms with E-state index in [2.05, 4.69) is 6.92 Å². The molecule has 0 radical (unpaired) electrons. The molecule has 6 atom stereocenters. The Labute approximate surface area is 139 Å². The van der Waals surface area contributed by atoms with E-state index in [0.29, 0.717) is 30.5 Å². The Bertz CT molecular complexity index is 350. The van der Waals surface area contributed by atoms with Crippen LogP contribution in [0.5, 0.6) is 0 Å². The van der Waals surface area contributed by atoms with E-state index in [1.54, 1.807) is 0 Å². The standard InChI is InChI=1S/C18H32O5/c1-3-19-9-5-13-6-10-21-16(13)14-7-11-22-17(14)15-8-12-23-18(15)20-4-2/h13-18H,3-12H2,1-2H3. The van der Waals surface area contributed by atoms with Crippen LogP contribution in [-0.2, 0) is 23.7 Å². The molecule has 3 rings (SSSR count). The summed E-state index contributed by atoms with van der Waals surface area (Å²) in [5.74, 6) is 1.42. The van der Waals surface area contributed by atoms with E-state index in [-0.39, 0.29) is 12.4 Å². The van der Waals surface area contributed by atoms with E-state index in [0.717, 1.165) is 58.7 Å². The summed E-state index contributed by atoms with van der Waals surface area (Å²) in [5.41, 5.74) is 0. The monoisotopic (exact) mass is 328 g/mol. The minimum atomic E-state index is -0.103. The Kier molecular flexibility index (Phi) is 6.72. The van der Waals surface area contributed by atoms with Gasteiger partial charge in [-0.3, -0.25) is 0 Å². The molecule has 5 nitrogen and oxygen atoms in total. The van der Waals surface area contributed by atoms with Crippen LogP contribution in [0.3, 0.4) is 0 Å². The lowest BCUT2D eigenvalue weighted by molar-refractivity contribution is -0.155. The van der Waals surface area contributed by atoms with Gasteiger partial charge in [0.2, 0.25) is 0 Å². The maximum absolute atomic E-state index is 6.15. The minimum absolute atomic E-state index is 0.103. The highest BCUT2D eigenvalue weighted by Gasteiger charge is 2.48. The van der Waals surface area contributed by atoms with Gasteiger partial charge in [0.05, 0.1) is 18.8 Å². The van der Waals surface area contributed by atoms with Gasteiger partial charge in [-0.05, 0) is 45.4 Å². The lowest BCUT2D eigenvalue weighted by Crippen LogP contribution is -2.40. The molecule has 0 aromatic rings. The highest BCUT2D eigenvalue weighted by atomic mass is 16.7. The fourth-order valence-electron chi connectivity index (χ4n) is 4.47. The predicted molar refractivity (Wildman–Crippen MR) is 86.3 cm³/mol. The molecule has 0 N–H and O–H groups in total. The van der Waals surface area contributed by atoms with Gasteiger partial charge in [-0.15, -0.1) is 0 Å². The van der Waals surface area contributed by atoms with Crippen LogP contribution in [0.4, 0.5) is 0 Å². The SMILES string of the molecule is CCOCCC1CCOC1C1CCOC1C1CCOC1OCC. The topological polar surface area (TPSA) is 46.2 Å². The maximum Gasteiger partial charge on any atom is 0.162 e. The van der Waals surface area contributed by atoms with E-state index in [1.807, 2.05) is 6.92 Å². The van der Waals surface area contributed by atoms with Gasteiger partial charge in [-0.25, -0.2) is 0 Å². The van der Waals surface area contributed by atoms with Crippen molar-refractivity contribution < 1.29 is 23.7 Å². The van der Waals surface area contributed by atoms with Gasteiger partial charge in [0, 0.05) is 44.9 Å². The smallest absolute Gasteiger partial charge is 0.162 e. The first kappa shape index (κ1) is 17.6. The Balaban J connectivity index is 1.61. The molecule has 3 heterocycles. The lowest BCUT2D eigenvalue weighted by Gasteiger charge is -2.33. The van der Waals surface area contributed by atoms with Crippen LogP contribution in [0.2, 0.25) is 0 Å². The second-order valence-electron chi connectivity index (χ2n) is 6.80. The van der Waals surface area contributed by atoms with Crippen molar-refractivity contribution in [2.24, 2.45) is 17.8 Å². The van der Waals surface area contributed by atoms with E-state index < -0.39 is 0 Å². The number of rotatable bonds is 8. The summed E-state index contributed by atoms with van der Waals surface area (Å²) in [4.78, 5) is 0. The van der Waals surface area contributed by atoms with Crippen LogP contribution in [-0.4, -0.2) is 58.1 Å². The van der Waals surface area contributed by atoms with Crippen molar-refractivity contribution >= 4 is 0 Å². The van der Waals surface area contributed by atoms with Gasteiger partial charge in [-0.2, -0.15) is 0 Å². The molecule has 3 saturated heterocycles. The van der Waals surface area contributed by atoms with Crippen LogP contribution < -0.4 is 0 Å². The van der Waals surface area contributed by atoms with Crippen molar-refractivity contribution in [1.29, 1.82) is 0 Å². The summed E-state index contributed by atoms with van der Waals surface area (Å²) < 4.78 is 29.4. The van der Waals surface area contributed by atoms with Gasteiger partial charge in [0.25, 0.3) is 0 Å². The van der Waals surface area contributed by atoms with E-state index in [4.69, 9.17) is 23.7 Å². The van der Waals surface area contributed by atoms with Crippen LogP contribution in [0.1, 0.15) is 39.5 Å². The summed E-state index contributed by atoms with van der Waals surface area (Å²) in [6, 6.07) is 0. The molecule has 3 aliphatic rings. The molecule has 0 bridgehead atoms. The van der Waals surface area contributed by atoms with Gasteiger partial charge in [0.1, 0.15) is 0 Å². The lowest BCUT2D eigenvalue weighted by atomic mass is 9.80. The molecule has 0 aromatic carbocycles. The maximum atomic E-state index is 6.15. The molecule has 0 aliphatic carbocycles. The molecule has 0 spiro atoms. The summed E-state index contributed by atoms with van der Waals surface area (Å²) in [7, 11) is 0. The quantitative estimate of drug-likeness (QED) is 0.641. The molecular weight excluding hydrogens is 296 g/mol. The number of hydrogen-bond acceptors (Lipinski definition) is 5. The van der Waals surface area contributed by atoms with E-state index in [9.17, 15) is 0 Å². The van der Waals surface area contributed by atoms with Gasteiger partial charge in [0.15, 0.2) is 6.29 Å². The zero-order valence-electron chi connectivity index (χ0n) is 14.6. The molecule has 6 unspecified atom stereocenters. The zero-order valence-corrected chi connectivity index (χ0v) is 14.6. The predicted octanol–water partition coefficient (Wildman–Crippen LogP) is 2.62. The first-order valence-corrected chi connectivity index (χ1v) is 9.39. The van der Waals surface area contributed by atoms with Crippen LogP contribution in [0.15, 0.2) is 0 Å². The van der Waals surface area contributed by atoms with E-state index >= 15 is 0 Å². The molecule has 23 heavy (non-hydrogen) atoms. The second kappa shape index (κ2) is 8.77. The zero-order chi connectivity index (χ0) is 16.1. The van der Waals surface area contributed by atoms with Gasteiger partial charge >= 0.3 is 0 Å². The second-order valence-corrected chi connectivity index (χ2v) is 6.80. The highest BCUT2D eigenvalue weighted by molar-refractivity contribution is 4.94. The van der Waals surface area contributed by atoms with Crippen LogP contribution in [0, 0.1) is 17.8 Å². The fraction of sp³-hybridized carbons (Fsp3) is 1.00. The van der Waals surface area contributed by atoms with Crippen LogP contribution in [0.25, 0.3) is 0 Å². The van der Waals surface area contributed by atoms with Crippen molar-refractivity contribution in [3.63, 3.8) is 0 Å². The Morgan fingerprint density at radius 1 is 0.826 bits per heavy atom. The van der Waals surface area contributed by atoms with Gasteiger partial charge < -0.3 is 23.7 Å². The van der Waals surface area contributed by atoms with Crippen molar-refractivity contribution in [2.45, 2.75) is 58.0 Å². The molecule has 134 valence electrons. The molecule has 0 aromatic heterocycles. The molecule has 0 amide bonds. The fourth-order valence-corrected chi connectivity index (χ4v) is 4.47. The average Bonchev–Trinajstić information content (AvgIpc) is 3.26. The third-order valence-corrected chi connectivity index (χ3v) is 5.54. The minimum Gasteiger partial charge on any atom is -0.382 e. The number of hydrogen-bond donors (Lipinski definition) is 0. The summed E-state index contributed by atoms with van der Waals surface area (Å²) in [6.45, 7) is 8.89. The third kappa shape index (κ3) is 4.07. The average molecular weight is 328 g/mol. The largest absolute Gasteiger partial charge is 0.382 e. The molecule has 3 aliphatic heterocycles. The first-order valence-electron chi connectivity index (χ1n) is 9.39. The Morgan fingerprint density at radius 3 is 2.39 bits per heavy atom. The summed E-state index contributed by atoms with van der Waals surface area (Å²) in [5, 5.41) is 0.